The molecule has 0 saturated carbocycles. The van der Waals surface area contributed by atoms with Crippen molar-refractivity contribution in [2.24, 2.45) is 0 Å². The van der Waals surface area contributed by atoms with Gasteiger partial charge in [-0.3, -0.25) is 14.5 Å². The van der Waals surface area contributed by atoms with Crippen LogP contribution in [0.3, 0.4) is 0 Å². The Morgan fingerprint density at radius 2 is 2.32 bits per heavy atom. The average Bonchev–Trinajstić information content (AvgIpc) is 2.43. The van der Waals surface area contributed by atoms with Gasteiger partial charge < -0.3 is 10.1 Å². The van der Waals surface area contributed by atoms with E-state index in [-0.39, 0.29) is 11.9 Å². The lowest BCUT2D eigenvalue weighted by Gasteiger charge is -2.33. The third-order valence-corrected chi connectivity index (χ3v) is 3.44. The first kappa shape index (κ1) is 13.5. The highest BCUT2D eigenvalue weighted by molar-refractivity contribution is 5.82. The Kier molecular flexibility index (Phi) is 4.16. The molecule has 1 unspecified atom stereocenters. The summed E-state index contributed by atoms with van der Waals surface area (Å²) in [6, 6.07) is 5.15. The topological polar surface area (TPSA) is 58.6 Å². The first-order valence-electron chi connectivity index (χ1n) is 6.29. The number of amides is 1. The van der Waals surface area contributed by atoms with Crippen LogP contribution in [0.1, 0.15) is 22.8 Å². The van der Waals surface area contributed by atoms with Crippen molar-refractivity contribution < 1.29 is 14.3 Å². The van der Waals surface area contributed by atoms with E-state index in [0.29, 0.717) is 18.7 Å². The molecule has 0 spiro atoms. The Labute approximate surface area is 112 Å². The minimum atomic E-state index is -0.168. The van der Waals surface area contributed by atoms with Gasteiger partial charge in [-0.05, 0) is 25.1 Å². The number of hydrogen-bond acceptors (Lipinski definition) is 4. The number of benzene rings is 1. The first-order chi connectivity index (χ1) is 9.15. The van der Waals surface area contributed by atoms with Crippen molar-refractivity contribution in [2.45, 2.75) is 19.5 Å². The molecule has 5 heteroatoms. The van der Waals surface area contributed by atoms with Gasteiger partial charge in [-0.15, -0.1) is 0 Å². The highest BCUT2D eigenvalue weighted by atomic mass is 16.5. The average molecular weight is 262 g/mol. The van der Waals surface area contributed by atoms with Gasteiger partial charge in [0.15, 0.2) is 0 Å². The number of ether oxygens (including phenoxy) is 1. The molecule has 0 bridgehead atoms. The molecule has 1 N–H and O–H groups in total. The maximum absolute atomic E-state index is 11.6. The molecule has 1 saturated heterocycles. The number of methoxy groups -OCH3 is 1. The molecular weight excluding hydrogens is 244 g/mol. The van der Waals surface area contributed by atoms with Gasteiger partial charge in [0, 0.05) is 30.8 Å². The fourth-order valence-corrected chi connectivity index (χ4v) is 2.26. The van der Waals surface area contributed by atoms with Gasteiger partial charge in [-0.25, -0.2) is 0 Å². The first-order valence-corrected chi connectivity index (χ1v) is 6.29. The molecule has 1 aromatic rings. The number of hydrogen-bond donors (Lipinski definition) is 1. The fourth-order valence-electron chi connectivity index (χ4n) is 2.26. The summed E-state index contributed by atoms with van der Waals surface area (Å²) < 4.78 is 5.31. The summed E-state index contributed by atoms with van der Waals surface area (Å²) in [5.74, 6) is 0.778. The van der Waals surface area contributed by atoms with Gasteiger partial charge in [0.05, 0.1) is 13.2 Å². The lowest BCUT2D eigenvalue weighted by atomic mass is 10.1. The van der Waals surface area contributed by atoms with Crippen molar-refractivity contribution in [3.63, 3.8) is 0 Å². The van der Waals surface area contributed by atoms with Crippen LogP contribution in [0.2, 0.25) is 0 Å². The number of aldehydes is 1. The molecule has 1 aliphatic rings. The molecule has 1 aromatic carbocycles. The number of carbonyl (C=O) groups is 2. The quantitative estimate of drug-likeness (QED) is 0.816. The summed E-state index contributed by atoms with van der Waals surface area (Å²) in [4.78, 5) is 24.6. The van der Waals surface area contributed by atoms with Gasteiger partial charge in [0.1, 0.15) is 12.0 Å². The standard InChI is InChI=1S/C14H18N2O3/c1-10-14(18)15-5-6-16(10)8-12-7-11(9-17)3-4-13(12)19-2/h3-4,7,9-10H,5-6,8H2,1-2H3,(H,15,18). The minimum Gasteiger partial charge on any atom is -0.496 e. The second kappa shape index (κ2) is 5.84. The normalized spacial score (nSPS) is 19.9. The van der Waals surface area contributed by atoms with Crippen molar-refractivity contribution in [1.82, 2.24) is 10.2 Å². The summed E-state index contributed by atoms with van der Waals surface area (Å²) >= 11 is 0. The van der Waals surface area contributed by atoms with Crippen LogP contribution in [0.15, 0.2) is 18.2 Å². The number of nitrogens with one attached hydrogen (secondary N) is 1. The predicted octanol–water partition coefficient (Wildman–Crippen LogP) is 0.828. The highest BCUT2D eigenvalue weighted by Crippen LogP contribution is 2.22. The molecule has 5 nitrogen and oxygen atoms in total. The number of carbonyl (C=O) groups excluding carboxylic acids is 2. The van der Waals surface area contributed by atoms with Crippen LogP contribution in [0, 0.1) is 0 Å². The van der Waals surface area contributed by atoms with E-state index in [1.165, 1.54) is 0 Å². The molecule has 1 aliphatic heterocycles. The van der Waals surface area contributed by atoms with Gasteiger partial charge >= 0.3 is 0 Å². The zero-order chi connectivity index (χ0) is 13.8. The molecule has 1 atom stereocenters. The third kappa shape index (κ3) is 2.93. The van der Waals surface area contributed by atoms with E-state index >= 15 is 0 Å². The zero-order valence-electron chi connectivity index (χ0n) is 11.2. The van der Waals surface area contributed by atoms with Crippen molar-refractivity contribution in [2.75, 3.05) is 20.2 Å². The SMILES string of the molecule is COc1ccc(C=O)cc1CN1CCNC(=O)C1C. The van der Waals surface area contributed by atoms with Crippen LogP contribution in [0.25, 0.3) is 0 Å². The summed E-state index contributed by atoms with van der Waals surface area (Å²) in [6.07, 6.45) is 0.815. The second-order valence-electron chi connectivity index (χ2n) is 4.63. The Morgan fingerprint density at radius 3 is 3.00 bits per heavy atom. The lowest BCUT2D eigenvalue weighted by molar-refractivity contribution is -0.128. The van der Waals surface area contributed by atoms with E-state index in [1.807, 2.05) is 13.0 Å². The Hall–Kier alpha value is -1.88. The summed E-state index contributed by atoms with van der Waals surface area (Å²) in [6.45, 7) is 3.92. The van der Waals surface area contributed by atoms with Crippen LogP contribution in [-0.2, 0) is 11.3 Å². The molecular formula is C14H18N2O3. The largest absolute Gasteiger partial charge is 0.496 e. The molecule has 0 radical (unpaired) electrons. The smallest absolute Gasteiger partial charge is 0.237 e. The van der Waals surface area contributed by atoms with E-state index in [9.17, 15) is 9.59 Å². The van der Waals surface area contributed by atoms with Gasteiger partial charge in [-0.2, -0.15) is 0 Å². The molecule has 0 aliphatic carbocycles. The summed E-state index contributed by atoms with van der Waals surface area (Å²) in [5.41, 5.74) is 1.54. The van der Waals surface area contributed by atoms with Crippen molar-refractivity contribution in [3.05, 3.63) is 29.3 Å². The second-order valence-corrected chi connectivity index (χ2v) is 4.63. The third-order valence-electron chi connectivity index (χ3n) is 3.44. The van der Waals surface area contributed by atoms with Crippen LogP contribution in [0.5, 0.6) is 5.75 Å². The van der Waals surface area contributed by atoms with E-state index < -0.39 is 0 Å². The Bertz CT molecular complexity index is 488. The van der Waals surface area contributed by atoms with Crippen molar-refractivity contribution >= 4 is 12.2 Å². The number of rotatable bonds is 4. The van der Waals surface area contributed by atoms with Crippen LogP contribution in [0.4, 0.5) is 0 Å². The summed E-state index contributed by atoms with van der Waals surface area (Å²) in [5, 5.41) is 2.83. The maximum atomic E-state index is 11.6. The Balaban J connectivity index is 2.21. The van der Waals surface area contributed by atoms with Crippen LogP contribution >= 0.6 is 0 Å². The lowest BCUT2D eigenvalue weighted by Crippen LogP contribution is -2.53. The predicted molar refractivity (Wildman–Crippen MR) is 71.3 cm³/mol. The monoisotopic (exact) mass is 262 g/mol. The number of piperazine rings is 1. The van der Waals surface area contributed by atoms with Crippen LogP contribution in [-0.4, -0.2) is 43.3 Å². The molecule has 1 heterocycles. The fraction of sp³-hybridized carbons (Fsp3) is 0.429. The number of nitrogens with zero attached hydrogens (tertiary/aromatic N) is 1. The molecule has 102 valence electrons. The molecule has 2 rings (SSSR count). The summed E-state index contributed by atoms with van der Waals surface area (Å²) in [7, 11) is 1.60. The zero-order valence-corrected chi connectivity index (χ0v) is 11.2. The van der Waals surface area contributed by atoms with Crippen molar-refractivity contribution in [1.29, 1.82) is 0 Å². The van der Waals surface area contributed by atoms with Gasteiger partial charge in [0.25, 0.3) is 0 Å². The Morgan fingerprint density at radius 1 is 1.53 bits per heavy atom. The van der Waals surface area contributed by atoms with E-state index in [1.54, 1.807) is 19.2 Å². The minimum absolute atomic E-state index is 0.0387. The highest BCUT2D eigenvalue weighted by Gasteiger charge is 2.25. The van der Waals surface area contributed by atoms with Gasteiger partial charge in [0.2, 0.25) is 5.91 Å². The van der Waals surface area contributed by atoms with E-state index in [0.717, 1.165) is 24.1 Å². The molecule has 0 aromatic heterocycles. The van der Waals surface area contributed by atoms with Gasteiger partial charge in [-0.1, -0.05) is 0 Å². The molecule has 1 amide bonds. The molecule has 1 fully saturated rings. The maximum Gasteiger partial charge on any atom is 0.237 e. The molecule has 19 heavy (non-hydrogen) atoms. The van der Waals surface area contributed by atoms with Crippen molar-refractivity contribution in [3.8, 4) is 5.75 Å². The van der Waals surface area contributed by atoms with E-state index in [2.05, 4.69) is 10.2 Å². The van der Waals surface area contributed by atoms with E-state index in [4.69, 9.17) is 4.74 Å². The van der Waals surface area contributed by atoms with Crippen LogP contribution < -0.4 is 10.1 Å².